The minimum Gasteiger partial charge on any atom is -0.368 e. The molecule has 0 radical (unpaired) electrons. The lowest BCUT2D eigenvalue weighted by Gasteiger charge is -1.85. The van der Waals surface area contributed by atoms with Gasteiger partial charge in [0.2, 0.25) is 0 Å². The molecule has 2 aromatic rings. The van der Waals surface area contributed by atoms with E-state index in [1.807, 2.05) is 24.5 Å². The van der Waals surface area contributed by atoms with Gasteiger partial charge in [0.05, 0.1) is 4.92 Å². The van der Waals surface area contributed by atoms with E-state index in [1.165, 1.54) is 12.1 Å². The molecule has 0 aliphatic heterocycles. The van der Waals surface area contributed by atoms with E-state index in [4.69, 9.17) is 0 Å². The maximum Gasteiger partial charge on any atom is 0.269 e. The number of H-pyrrole nitrogens is 1. The van der Waals surface area contributed by atoms with E-state index in [1.54, 1.807) is 18.2 Å². The van der Waals surface area contributed by atoms with Crippen LogP contribution in [0.1, 0.15) is 0 Å². The monoisotopic (exact) mass is 190 g/mol. The largest absolute Gasteiger partial charge is 0.368 e. The van der Waals surface area contributed by atoms with E-state index >= 15 is 0 Å². The molecular weight excluding hydrogens is 180 g/mol. The predicted octanol–water partition coefficient (Wildman–Crippen LogP) is 2.61. The quantitative estimate of drug-likeness (QED) is 0.555. The Bertz CT molecular complexity index is 340. The highest BCUT2D eigenvalue weighted by molar-refractivity contribution is 5.27. The summed E-state index contributed by atoms with van der Waals surface area (Å²) in [6.45, 7) is 0. The SMILES string of the molecule is O=[N+]([O-])c1ccccc1.c1cc[nH]c1. The van der Waals surface area contributed by atoms with Gasteiger partial charge >= 0.3 is 0 Å². The highest BCUT2D eigenvalue weighted by atomic mass is 16.6. The molecule has 72 valence electrons. The third-order valence-corrected chi connectivity index (χ3v) is 1.46. The average molecular weight is 190 g/mol. The smallest absolute Gasteiger partial charge is 0.269 e. The van der Waals surface area contributed by atoms with Crippen LogP contribution in [0.3, 0.4) is 0 Å². The van der Waals surface area contributed by atoms with E-state index in [9.17, 15) is 10.1 Å². The molecule has 0 saturated carbocycles. The van der Waals surface area contributed by atoms with E-state index in [0.29, 0.717) is 0 Å². The van der Waals surface area contributed by atoms with Crippen LogP contribution in [0.2, 0.25) is 0 Å². The molecule has 0 atom stereocenters. The van der Waals surface area contributed by atoms with Crippen molar-refractivity contribution in [1.29, 1.82) is 0 Å². The number of benzene rings is 1. The van der Waals surface area contributed by atoms with Crippen LogP contribution < -0.4 is 0 Å². The fraction of sp³-hybridized carbons (Fsp3) is 0. The normalized spacial score (nSPS) is 8.57. The molecule has 1 heterocycles. The summed E-state index contributed by atoms with van der Waals surface area (Å²) in [6.07, 6.45) is 3.75. The molecule has 0 fully saturated rings. The molecule has 4 heteroatoms. The maximum atomic E-state index is 10.0. The molecule has 0 unspecified atom stereocenters. The van der Waals surface area contributed by atoms with Crippen LogP contribution in [-0.4, -0.2) is 9.91 Å². The number of non-ortho nitro benzene ring substituents is 1. The summed E-state index contributed by atoms with van der Waals surface area (Å²) < 4.78 is 0. The minimum atomic E-state index is -0.417. The Kier molecular flexibility index (Phi) is 3.94. The Balaban J connectivity index is 0.000000165. The number of nitrogens with one attached hydrogen (secondary N) is 1. The van der Waals surface area contributed by atoms with Gasteiger partial charge in [0.1, 0.15) is 0 Å². The van der Waals surface area contributed by atoms with Gasteiger partial charge in [-0.15, -0.1) is 0 Å². The molecular formula is C10H10N2O2. The molecule has 14 heavy (non-hydrogen) atoms. The molecule has 0 bridgehead atoms. The van der Waals surface area contributed by atoms with Gasteiger partial charge in [0.15, 0.2) is 0 Å². The topological polar surface area (TPSA) is 58.9 Å². The summed E-state index contributed by atoms with van der Waals surface area (Å²) in [5, 5.41) is 10.0. The number of hydrogen-bond acceptors (Lipinski definition) is 2. The first-order valence-electron chi connectivity index (χ1n) is 4.08. The van der Waals surface area contributed by atoms with E-state index in [-0.39, 0.29) is 5.69 Å². The Labute approximate surface area is 81.4 Å². The number of para-hydroxylation sites is 1. The molecule has 0 spiro atoms. The first kappa shape index (κ1) is 9.98. The van der Waals surface area contributed by atoms with Gasteiger partial charge in [0, 0.05) is 24.5 Å². The second-order valence-corrected chi connectivity index (χ2v) is 2.48. The maximum absolute atomic E-state index is 10.0. The van der Waals surface area contributed by atoms with Crippen LogP contribution >= 0.6 is 0 Å². The van der Waals surface area contributed by atoms with Crippen molar-refractivity contribution in [2.24, 2.45) is 0 Å². The van der Waals surface area contributed by atoms with E-state index in [2.05, 4.69) is 4.98 Å². The summed E-state index contributed by atoms with van der Waals surface area (Å²) in [5.41, 5.74) is 0.137. The first-order valence-corrected chi connectivity index (χ1v) is 4.08. The van der Waals surface area contributed by atoms with Gasteiger partial charge < -0.3 is 4.98 Å². The Morgan fingerprint density at radius 2 is 1.57 bits per heavy atom. The number of nitro benzene ring substituents is 1. The molecule has 0 aliphatic carbocycles. The molecule has 1 N–H and O–H groups in total. The zero-order valence-corrected chi connectivity index (χ0v) is 7.46. The van der Waals surface area contributed by atoms with Crippen LogP contribution in [0.25, 0.3) is 0 Å². The molecule has 0 saturated heterocycles. The molecule has 4 nitrogen and oxygen atoms in total. The summed E-state index contributed by atoms with van der Waals surface area (Å²) in [4.78, 5) is 12.5. The summed E-state index contributed by atoms with van der Waals surface area (Å²) in [6, 6.07) is 11.8. The summed E-state index contributed by atoms with van der Waals surface area (Å²) in [7, 11) is 0. The number of rotatable bonds is 1. The zero-order valence-electron chi connectivity index (χ0n) is 7.46. The van der Waals surface area contributed by atoms with E-state index in [0.717, 1.165) is 0 Å². The zero-order chi connectivity index (χ0) is 10.2. The van der Waals surface area contributed by atoms with Crippen molar-refractivity contribution in [3.05, 3.63) is 65.0 Å². The lowest BCUT2D eigenvalue weighted by atomic mass is 10.3. The van der Waals surface area contributed by atoms with Gasteiger partial charge in [-0.25, -0.2) is 0 Å². The third-order valence-electron chi connectivity index (χ3n) is 1.46. The second kappa shape index (κ2) is 5.53. The number of aromatic amines is 1. The van der Waals surface area contributed by atoms with Crippen LogP contribution in [0, 0.1) is 10.1 Å². The molecule has 0 aliphatic rings. The predicted molar refractivity (Wildman–Crippen MR) is 53.9 cm³/mol. The fourth-order valence-corrected chi connectivity index (χ4v) is 0.827. The average Bonchev–Trinajstić information content (AvgIpc) is 2.77. The Morgan fingerprint density at radius 3 is 1.86 bits per heavy atom. The van der Waals surface area contributed by atoms with Crippen molar-refractivity contribution >= 4 is 5.69 Å². The van der Waals surface area contributed by atoms with Gasteiger partial charge in [-0.2, -0.15) is 0 Å². The Hall–Kier alpha value is -2.10. The molecule has 0 amide bonds. The third kappa shape index (κ3) is 3.53. The van der Waals surface area contributed by atoms with Crippen molar-refractivity contribution in [1.82, 2.24) is 4.98 Å². The van der Waals surface area contributed by atoms with Gasteiger partial charge in [-0.05, 0) is 12.1 Å². The number of hydrogen-bond donors (Lipinski definition) is 1. The van der Waals surface area contributed by atoms with Crippen molar-refractivity contribution in [2.45, 2.75) is 0 Å². The highest BCUT2D eigenvalue weighted by Gasteiger charge is 1.98. The molecule has 1 aromatic heterocycles. The van der Waals surface area contributed by atoms with Crippen molar-refractivity contribution in [2.75, 3.05) is 0 Å². The summed E-state index contributed by atoms with van der Waals surface area (Å²) in [5.74, 6) is 0. The molecule has 1 aromatic carbocycles. The van der Waals surface area contributed by atoms with Gasteiger partial charge in [-0.1, -0.05) is 18.2 Å². The minimum absolute atomic E-state index is 0.137. The second-order valence-electron chi connectivity index (χ2n) is 2.48. The highest BCUT2D eigenvalue weighted by Crippen LogP contribution is 2.06. The van der Waals surface area contributed by atoms with E-state index < -0.39 is 4.92 Å². The number of aromatic nitrogens is 1. The van der Waals surface area contributed by atoms with Crippen LogP contribution in [-0.2, 0) is 0 Å². The fourth-order valence-electron chi connectivity index (χ4n) is 0.827. The Morgan fingerprint density at radius 1 is 1.00 bits per heavy atom. The van der Waals surface area contributed by atoms with Gasteiger partial charge in [0.25, 0.3) is 5.69 Å². The number of nitro groups is 1. The first-order chi connectivity index (χ1) is 6.80. The lowest BCUT2D eigenvalue weighted by molar-refractivity contribution is -0.384. The van der Waals surface area contributed by atoms with Gasteiger partial charge in [-0.3, -0.25) is 10.1 Å². The van der Waals surface area contributed by atoms with Crippen molar-refractivity contribution in [3.8, 4) is 0 Å². The summed E-state index contributed by atoms with van der Waals surface area (Å²) >= 11 is 0. The van der Waals surface area contributed by atoms with Crippen molar-refractivity contribution < 1.29 is 4.92 Å². The van der Waals surface area contributed by atoms with Crippen molar-refractivity contribution in [3.63, 3.8) is 0 Å². The molecule has 2 rings (SSSR count). The number of nitrogens with zero attached hydrogens (tertiary/aromatic N) is 1. The van der Waals surface area contributed by atoms with Crippen LogP contribution in [0.5, 0.6) is 0 Å². The van der Waals surface area contributed by atoms with Crippen LogP contribution in [0.15, 0.2) is 54.9 Å². The standard InChI is InChI=1S/C6H5NO2.C4H5N/c8-7(9)6-4-2-1-3-5-6;1-2-4-5-3-1/h1-5H;1-5H. The van der Waals surface area contributed by atoms with Crippen LogP contribution in [0.4, 0.5) is 5.69 Å². The lowest BCUT2D eigenvalue weighted by Crippen LogP contribution is -1.84.